The number of aryl methyl sites for hydroxylation is 1. The van der Waals surface area contributed by atoms with Crippen molar-refractivity contribution < 1.29 is 0 Å². The fraction of sp³-hybridized carbons (Fsp3) is 0.647. The fourth-order valence-corrected chi connectivity index (χ4v) is 2.94. The summed E-state index contributed by atoms with van der Waals surface area (Å²) in [5, 5.41) is 3.46. The summed E-state index contributed by atoms with van der Waals surface area (Å²) >= 11 is 0. The van der Waals surface area contributed by atoms with Gasteiger partial charge < -0.3 is 5.32 Å². The maximum absolute atomic E-state index is 3.46. The molecule has 100 valence electrons. The van der Waals surface area contributed by atoms with Crippen molar-refractivity contribution in [2.45, 2.75) is 64.8 Å². The first-order chi connectivity index (χ1) is 8.92. The number of benzene rings is 1. The Morgan fingerprint density at radius 2 is 1.89 bits per heavy atom. The number of fused-ring (bicyclic) bond motifs is 1. The summed E-state index contributed by atoms with van der Waals surface area (Å²) in [7, 11) is 0. The Morgan fingerprint density at radius 1 is 1.06 bits per heavy atom. The largest absolute Gasteiger partial charge is 0.312 e. The van der Waals surface area contributed by atoms with Crippen molar-refractivity contribution >= 4 is 0 Å². The molecule has 0 spiro atoms. The predicted molar refractivity (Wildman–Crippen MR) is 78.9 cm³/mol. The van der Waals surface area contributed by atoms with Crippen LogP contribution in [-0.2, 0) is 19.4 Å². The van der Waals surface area contributed by atoms with Gasteiger partial charge in [0, 0.05) is 6.54 Å². The molecule has 0 saturated carbocycles. The summed E-state index contributed by atoms with van der Waals surface area (Å²) in [6.07, 6.45) is 10.9. The molecule has 1 aromatic carbocycles. The minimum absolute atomic E-state index is 1.07. The average Bonchev–Trinajstić information content (AvgIpc) is 2.43. The van der Waals surface area contributed by atoms with Gasteiger partial charge in [0.15, 0.2) is 0 Å². The number of nitrogens with one attached hydrogen (secondary N) is 1. The van der Waals surface area contributed by atoms with E-state index in [2.05, 4.69) is 30.4 Å². The number of rotatable bonds is 7. The molecule has 0 aromatic heterocycles. The summed E-state index contributed by atoms with van der Waals surface area (Å²) in [4.78, 5) is 0. The monoisotopic (exact) mass is 245 g/mol. The second-order valence-electron chi connectivity index (χ2n) is 5.50. The lowest BCUT2D eigenvalue weighted by molar-refractivity contribution is 0.601. The number of unbranched alkanes of at least 4 members (excludes halogenated alkanes) is 5. The molecule has 0 saturated heterocycles. The quantitative estimate of drug-likeness (QED) is 0.709. The van der Waals surface area contributed by atoms with Crippen LogP contribution < -0.4 is 5.32 Å². The molecule has 1 heterocycles. The number of hydrogen-bond acceptors (Lipinski definition) is 1. The Hall–Kier alpha value is -0.820. The van der Waals surface area contributed by atoms with E-state index < -0.39 is 0 Å². The van der Waals surface area contributed by atoms with Gasteiger partial charge in [-0.25, -0.2) is 0 Å². The third-order valence-electron chi connectivity index (χ3n) is 4.04. The van der Waals surface area contributed by atoms with Crippen molar-refractivity contribution in [2.75, 3.05) is 6.54 Å². The van der Waals surface area contributed by atoms with Gasteiger partial charge in [-0.3, -0.25) is 0 Å². The highest BCUT2D eigenvalue weighted by molar-refractivity contribution is 5.37. The molecule has 18 heavy (non-hydrogen) atoms. The van der Waals surface area contributed by atoms with Gasteiger partial charge in [0.1, 0.15) is 0 Å². The van der Waals surface area contributed by atoms with Crippen LogP contribution in [-0.4, -0.2) is 6.54 Å². The van der Waals surface area contributed by atoms with E-state index in [1.165, 1.54) is 56.9 Å². The van der Waals surface area contributed by atoms with Crippen molar-refractivity contribution in [1.29, 1.82) is 0 Å². The van der Waals surface area contributed by atoms with Crippen LogP contribution in [0.2, 0.25) is 0 Å². The van der Waals surface area contributed by atoms with E-state index in [0.29, 0.717) is 0 Å². The minimum atomic E-state index is 1.07. The lowest BCUT2D eigenvalue weighted by Gasteiger charge is -2.20. The zero-order chi connectivity index (χ0) is 12.6. The van der Waals surface area contributed by atoms with Gasteiger partial charge in [0.05, 0.1) is 0 Å². The minimum Gasteiger partial charge on any atom is -0.312 e. The van der Waals surface area contributed by atoms with Gasteiger partial charge in [-0.2, -0.15) is 0 Å². The normalized spacial score (nSPS) is 14.5. The molecule has 1 aliphatic rings. The molecule has 0 aliphatic carbocycles. The van der Waals surface area contributed by atoms with Crippen LogP contribution in [0.3, 0.4) is 0 Å². The molecule has 1 heteroatoms. The van der Waals surface area contributed by atoms with Crippen LogP contribution in [0.1, 0.15) is 62.1 Å². The summed E-state index contributed by atoms with van der Waals surface area (Å²) < 4.78 is 0. The average molecular weight is 245 g/mol. The Balaban J connectivity index is 1.79. The fourth-order valence-electron chi connectivity index (χ4n) is 2.94. The first kappa shape index (κ1) is 13.6. The van der Waals surface area contributed by atoms with Crippen LogP contribution in [0.4, 0.5) is 0 Å². The molecule has 1 aromatic rings. The van der Waals surface area contributed by atoms with E-state index in [4.69, 9.17) is 0 Å². The second kappa shape index (κ2) is 7.58. The molecule has 0 fully saturated rings. The van der Waals surface area contributed by atoms with Crippen LogP contribution in [0, 0.1) is 0 Å². The Labute approximate surface area is 112 Å². The van der Waals surface area contributed by atoms with E-state index in [1.807, 2.05) is 0 Å². The zero-order valence-corrected chi connectivity index (χ0v) is 11.8. The SMILES string of the molecule is CCCCCCCCc1cccc2c1CCNC2. The highest BCUT2D eigenvalue weighted by Gasteiger charge is 2.11. The van der Waals surface area contributed by atoms with Crippen LogP contribution in [0.25, 0.3) is 0 Å². The van der Waals surface area contributed by atoms with Crippen molar-refractivity contribution in [3.05, 3.63) is 34.9 Å². The summed E-state index contributed by atoms with van der Waals surface area (Å²) in [5.74, 6) is 0. The Morgan fingerprint density at radius 3 is 2.78 bits per heavy atom. The molecule has 0 unspecified atom stereocenters. The van der Waals surface area contributed by atoms with Crippen molar-refractivity contribution in [2.24, 2.45) is 0 Å². The molecule has 0 radical (unpaired) electrons. The van der Waals surface area contributed by atoms with E-state index >= 15 is 0 Å². The van der Waals surface area contributed by atoms with Gasteiger partial charge >= 0.3 is 0 Å². The zero-order valence-electron chi connectivity index (χ0n) is 11.8. The first-order valence-corrected chi connectivity index (χ1v) is 7.72. The standard InChI is InChI=1S/C17H27N/c1-2-3-4-5-6-7-9-15-10-8-11-16-14-18-13-12-17(15)16/h8,10-11,18H,2-7,9,12-14H2,1H3. The van der Waals surface area contributed by atoms with Gasteiger partial charge in [0.25, 0.3) is 0 Å². The molecular weight excluding hydrogens is 218 g/mol. The maximum atomic E-state index is 3.46. The smallest absolute Gasteiger partial charge is 0.0208 e. The molecule has 1 nitrogen and oxygen atoms in total. The van der Waals surface area contributed by atoms with Gasteiger partial charge in [-0.15, -0.1) is 0 Å². The van der Waals surface area contributed by atoms with Crippen LogP contribution in [0.5, 0.6) is 0 Å². The van der Waals surface area contributed by atoms with Crippen LogP contribution in [0.15, 0.2) is 18.2 Å². The third kappa shape index (κ3) is 3.84. The lowest BCUT2D eigenvalue weighted by atomic mass is 9.92. The molecule has 2 rings (SSSR count). The Kier molecular flexibility index (Phi) is 5.73. The summed E-state index contributed by atoms with van der Waals surface area (Å²) in [6, 6.07) is 6.86. The van der Waals surface area contributed by atoms with Gasteiger partial charge in [-0.1, -0.05) is 57.2 Å². The maximum Gasteiger partial charge on any atom is 0.0208 e. The summed E-state index contributed by atoms with van der Waals surface area (Å²) in [6.45, 7) is 4.50. The molecule has 0 bridgehead atoms. The lowest BCUT2D eigenvalue weighted by Crippen LogP contribution is -2.24. The summed E-state index contributed by atoms with van der Waals surface area (Å²) in [5.41, 5.74) is 4.79. The third-order valence-corrected chi connectivity index (χ3v) is 4.04. The highest BCUT2D eigenvalue weighted by atomic mass is 14.9. The Bertz CT molecular complexity index is 357. The van der Waals surface area contributed by atoms with Gasteiger partial charge in [-0.05, 0) is 42.5 Å². The molecule has 1 N–H and O–H groups in total. The van der Waals surface area contributed by atoms with Gasteiger partial charge in [0.2, 0.25) is 0 Å². The van der Waals surface area contributed by atoms with E-state index in [0.717, 1.165) is 13.1 Å². The first-order valence-electron chi connectivity index (χ1n) is 7.72. The van der Waals surface area contributed by atoms with Crippen LogP contribution >= 0.6 is 0 Å². The highest BCUT2D eigenvalue weighted by Crippen LogP contribution is 2.20. The van der Waals surface area contributed by atoms with E-state index in [1.54, 1.807) is 11.1 Å². The number of hydrogen-bond donors (Lipinski definition) is 1. The topological polar surface area (TPSA) is 12.0 Å². The predicted octanol–water partition coefficient (Wildman–Crippen LogP) is 4.24. The molecular formula is C17H27N. The van der Waals surface area contributed by atoms with E-state index in [9.17, 15) is 0 Å². The van der Waals surface area contributed by atoms with Crippen molar-refractivity contribution in [3.8, 4) is 0 Å². The van der Waals surface area contributed by atoms with E-state index in [-0.39, 0.29) is 0 Å². The molecule has 1 aliphatic heterocycles. The van der Waals surface area contributed by atoms with Crippen molar-refractivity contribution in [3.63, 3.8) is 0 Å². The second-order valence-corrected chi connectivity index (χ2v) is 5.50. The van der Waals surface area contributed by atoms with Crippen molar-refractivity contribution in [1.82, 2.24) is 5.32 Å². The molecule has 0 atom stereocenters. The molecule has 0 amide bonds.